The Hall–Kier alpha value is -1.65. The molecule has 4 heteroatoms. The van der Waals surface area contributed by atoms with Gasteiger partial charge in [-0.3, -0.25) is 4.79 Å². The van der Waals surface area contributed by atoms with Gasteiger partial charge in [-0.05, 0) is 36.8 Å². The minimum atomic E-state index is -0.255. The van der Waals surface area contributed by atoms with Gasteiger partial charge in [0.05, 0.1) is 6.04 Å². The Bertz CT molecular complexity index is 572. The average Bonchev–Trinajstić information content (AvgIpc) is 2.46. The Balaban J connectivity index is 1.85. The van der Waals surface area contributed by atoms with Crippen LogP contribution in [-0.2, 0) is 11.3 Å². The number of nitrogens with one attached hydrogen (secondary N) is 2. The zero-order chi connectivity index (χ0) is 14.4. The largest absolute Gasteiger partial charge is 0.325 e. The van der Waals surface area contributed by atoms with Gasteiger partial charge in [-0.15, -0.1) is 0 Å². The van der Waals surface area contributed by atoms with Crippen molar-refractivity contribution < 1.29 is 4.79 Å². The van der Waals surface area contributed by atoms with Crippen LogP contribution in [0.3, 0.4) is 0 Å². The zero-order valence-corrected chi connectivity index (χ0v) is 12.9. The Morgan fingerprint density at radius 2 is 1.90 bits per heavy atom. The number of para-hydroxylation sites is 1. The van der Waals surface area contributed by atoms with Gasteiger partial charge in [-0.25, -0.2) is 0 Å². The SMILES string of the molecule is CC(NCc1cccc(Br)c1)C(=O)Nc1ccccc1. The molecule has 0 radical (unpaired) electrons. The minimum Gasteiger partial charge on any atom is -0.325 e. The van der Waals surface area contributed by atoms with Crippen LogP contribution in [-0.4, -0.2) is 11.9 Å². The van der Waals surface area contributed by atoms with E-state index in [1.165, 1.54) is 0 Å². The number of halogens is 1. The summed E-state index contributed by atoms with van der Waals surface area (Å²) in [5, 5.41) is 6.09. The maximum absolute atomic E-state index is 12.0. The molecule has 20 heavy (non-hydrogen) atoms. The fraction of sp³-hybridized carbons (Fsp3) is 0.188. The predicted molar refractivity (Wildman–Crippen MR) is 85.5 cm³/mol. The van der Waals surface area contributed by atoms with Crippen LogP contribution in [0, 0.1) is 0 Å². The lowest BCUT2D eigenvalue weighted by atomic mass is 10.2. The first kappa shape index (κ1) is 14.8. The molecule has 2 aromatic rings. The fourth-order valence-corrected chi connectivity index (χ4v) is 2.23. The van der Waals surface area contributed by atoms with Crippen molar-refractivity contribution >= 4 is 27.5 Å². The molecule has 1 atom stereocenters. The van der Waals surface area contributed by atoms with Crippen LogP contribution in [0.15, 0.2) is 59.1 Å². The second kappa shape index (κ2) is 7.22. The summed E-state index contributed by atoms with van der Waals surface area (Å²) in [5.74, 6) is -0.0359. The van der Waals surface area contributed by atoms with Gasteiger partial charge in [0.25, 0.3) is 0 Å². The predicted octanol–water partition coefficient (Wildman–Crippen LogP) is 3.57. The lowest BCUT2D eigenvalue weighted by Crippen LogP contribution is -2.37. The maximum atomic E-state index is 12.0. The number of carbonyl (C=O) groups is 1. The molecule has 0 aliphatic rings. The van der Waals surface area contributed by atoms with E-state index in [1.54, 1.807) is 0 Å². The minimum absolute atomic E-state index is 0.0359. The summed E-state index contributed by atoms with van der Waals surface area (Å²) >= 11 is 3.44. The lowest BCUT2D eigenvalue weighted by molar-refractivity contribution is -0.117. The number of benzene rings is 2. The molecule has 2 aromatic carbocycles. The van der Waals surface area contributed by atoms with Crippen molar-refractivity contribution in [3.8, 4) is 0 Å². The molecule has 0 bridgehead atoms. The molecule has 3 nitrogen and oxygen atoms in total. The molecule has 0 aliphatic carbocycles. The third-order valence-electron chi connectivity index (χ3n) is 2.94. The summed E-state index contributed by atoms with van der Waals surface area (Å²) in [7, 11) is 0. The number of amides is 1. The Kier molecular flexibility index (Phi) is 5.32. The molecule has 0 aromatic heterocycles. The van der Waals surface area contributed by atoms with E-state index in [0.29, 0.717) is 6.54 Å². The quantitative estimate of drug-likeness (QED) is 0.878. The molecule has 0 fully saturated rings. The zero-order valence-electron chi connectivity index (χ0n) is 11.3. The van der Waals surface area contributed by atoms with Gasteiger partial charge in [0.2, 0.25) is 5.91 Å². The van der Waals surface area contributed by atoms with Crippen molar-refractivity contribution in [3.05, 3.63) is 64.6 Å². The Labute approximate surface area is 127 Å². The number of hydrogen-bond acceptors (Lipinski definition) is 2. The number of rotatable bonds is 5. The highest BCUT2D eigenvalue weighted by Gasteiger charge is 2.12. The molecule has 2 rings (SSSR count). The lowest BCUT2D eigenvalue weighted by Gasteiger charge is -2.14. The van der Waals surface area contributed by atoms with Gasteiger partial charge >= 0.3 is 0 Å². The first-order valence-corrected chi connectivity index (χ1v) is 7.28. The monoisotopic (exact) mass is 332 g/mol. The van der Waals surface area contributed by atoms with E-state index >= 15 is 0 Å². The van der Waals surface area contributed by atoms with Crippen LogP contribution in [0.25, 0.3) is 0 Å². The molecule has 0 spiro atoms. The van der Waals surface area contributed by atoms with E-state index < -0.39 is 0 Å². The van der Waals surface area contributed by atoms with E-state index in [2.05, 4.69) is 26.6 Å². The summed E-state index contributed by atoms with van der Waals surface area (Å²) < 4.78 is 1.04. The molecule has 0 saturated carbocycles. The first-order chi connectivity index (χ1) is 9.65. The molecular formula is C16H17BrN2O. The topological polar surface area (TPSA) is 41.1 Å². The van der Waals surface area contributed by atoms with E-state index in [0.717, 1.165) is 15.7 Å². The van der Waals surface area contributed by atoms with E-state index in [4.69, 9.17) is 0 Å². The van der Waals surface area contributed by atoms with Crippen LogP contribution in [0.5, 0.6) is 0 Å². The van der Waals surface area contributed by atoms with Crippen molar-refractivity contribution in [3.63, 3.8) is 0 Å². The van der Waals surface area contributed by atoms with Gasteiger partial charge in [0, 0.05) is 16.7 Å². The Morgan fingerprint density at radius 1 is 1.15 bits per heavy atom. The Morgan fingerprint density at radius 3 is 2.60 bits per heavy atom. The molecule has 0 heterocycles. The standard InChI is InChI=1S/C16H17BrN2O/c1-12(16(20)19-15-8-3-2-4-9-15)18-11-13-6-5-7-14(17)10-13/h2-10,12,18H,11H2,1H3,(H,19,20). The van der Waals surface area contributed by atoms with Crippen molar-refractivity contribution in [1.82, 2.24) is 5.32 Å². The highest BCUT2D eigenvalue weighted by molar-refractivity contribution is 9.10. The van der Waals surface area contributed by atoms with Gasteiger partial charge in [-0.1, -0.05) is 46.3 Å². The number of carbonyl (C=O) groups excluding carboxylic acids is 1. The highest BCUT2D eigenvalue weighted by Crippen LogP contribution is 2.11. The summed E-state index contributed by atoms with van der Waals surface area (Å²) in [5.41, 5.74) is 1.95. The van der Waals surface area contributed by atoms with Crippen LogP contribution < -0.4 is 10.6 Å². The summed E-state index contributed by atoms with van der Waals surface area (Å²) in [6.07, 6.45) is 0. The molecule has 0 saturated heterocycles. The van der Waals surface area contributed by atoms with Crippen LogP contribution in [0.1, 0.15) is 12.5 Å². The molecule has 1 amide bonds. The van der Waals surface area contributed by atoms with Gasteiger partial charge in [0.1, 0.15) is 0 Å². The van der Waals surface area contributed by atoms with Gasteiger partial charge < -0.3 is 10.6 Å². The van der Waals surface area contributed by atoms with Crippen molar-refractivity contribution in [2.75, 3.05) is 5.32 Å². The summed E-state index contributed by atoms with van der Waals surface area (Å²) in [6.45, 7) is 2.51. The molecule has 2 N–H and O–H groups in total. The van der Waals surface area contributed by atoms with E-state index in [-0.39, 0.29) is 11.9 Å². The fourth-order valence-electron chi connectivity index (χ4n) is 1.78. The molecule has 0 aliphatic heterocycles. The second-order valence-corrected chi connectivity index (χ2v) is 5.50. The van der Waals surface area contributed by atoms with E-state index in [9.17, 15) is 4.79 Å². The first-order valence-electron chi connectivity index (χ1n) is 6.49. The number of anilines is 1. The van der Waals surface area contributed by atoms with E-state index in [1.807, 2.05) is 61.5 Å². The smallest absolute Gasteiger partial charge is 0.241 e. The normalized spacial score (nSPS) is 11.9. The van der Waals surface area contributed by atoms with Gasteiger partial charge in [-0.2, -0.15) is 0 Å². The molecule has 104 valence electrons. The van der Waals surface area contributed by atoms with Crippen LogP contribution >= 0.6 is 15.9 Å². The number of hydrogen-bond donors (Lipinski definition) is 2. The third-order valence-corrected chi connectivity index (χ3v) is 3.43. The summed E-state index contributed by atoms with van der Waals surface area (Å²) in [4.78, 5) is 12.0. The van der Waals surface area contributed by atoms with Crippen molar-refractivity contribution in [2.24, 2.45) is 0 Å². The van der Waals surface area contributed by atoms with Gasteiger partial charge in [0.15, 0.2) is 0 Å². The van der Waals surface area contributed by atoms with Crippen molar-refractivity contribution in [1.29, 1.82) is 0 Å². The van der Waals surface area contributed by atoms with Crippen LogP contribution in [0.4, 0.5) is 5.69 Å². The third kappa shape index (κ3) is 4.47. The van der Waals surface area contributed by atoms with Crippen molar-refractivity contribution in [2.45, 2.75) is 19.5 Å². The highest BCUT2D eigenvalue weighted by atomic mass is 79.9. The van der Waals surface area contributed by atoms with Crippen LogP contribution in [0.2, 0.25) is 0 Å². The molecular weight excluding hydrogens is 316 g/mol. The maximum Gasteiger partial charge on any atom is 0.241 e. The summed E-state index contributed by atoms with van der Waals surface area (Å²) in [6, 6.07) is 17.2. The molecule has 1 unspecified atom stereocenters. The average molecular weight is 333 g/mol. The second-order valence-electron chi connectivity index (χ2n) is 4.59.